The van der Waals surface area contributed by atoms with Crippen molar-refractivity contribution < 1.29 is 37.0 Å². The Kier molecular flexibility index (Phi) is 5.65. The Bertz CT molecular complexity index is 484. The lowest BCUT2D eigenvalue weighted by Crippen LogP contribution is -2.57. The summed E-state index contributed by atoms with van der Waals surface area (Å²) in [6.07, 6.45) is -4.45. The second-order valence-electron chi connectivity index (χ2n) is 6.35. The Hall–Kier alpha value is -1.80. The van der Waals surface area contributed by atoms with Gasteiger partial charge in [0.15, 0.2) is 0 Å². The Morgan fingerprint density at radius 2 is 1.70 bits per heavy atom. The normalized spacial score (nSPS) is 22.6. The molecule has 0 saturated heterocycles. The van der Waals surface area contributed by atoms with Gasteiger partial charge in [-0.2, -0.15) is 13.2 Å². The van der Waals surface area contributed by atoms with Gasteiger partial charge in [0.05, 0.1) is 13.0 Å². The zero-order valence-electron chi connectivity index (χ0n) is 13.3. The van der Waals surface area contributed by atoms with Crippen LogP contribution in [-0.2, 0) is 23.9 Å². The standard InChI is InChI=1S/C14H20F3NO5/c1-13(2,3)23-11(20)9(18-12(21)14(15,16)17)7-5-6-8(7)10(19)22-4/h7-9H,5-6H2,1-4H3,(H,18,21)/t7-,8-,9+/m1/s1. The van der Waals surface area contributed by atoms with E-state index < -0.39 is 47.5 Å². The molecule has 0 spiro atoms. The van der Waals surface area contributed by atoms with Crippen molar-refractivity contribution in [1.82, 2.24) is 5.32 Å². The van der Waals surface area contributed by atoms with Gasteiger partial charge in [0.1, 0.15) is 11.6 Å². The van der Waals surface area contributed by atoms with Gasteiger partial charge < -0.3 is 14.8 Å². The molecule has 0 aromatic heterocycles. The van der Waals surface area contributed by atoms with Crippen molar-refractivity contribution in [1.29, 1.82) is 0 Å². The third-order valence-corrected chi connectivity index (χ3v) is 3.46. The highest BCUT2D eigenvalue weighted by Crippen LogP contribution is 2.38. The average Bonchev–Trinajstić information content (AvgIpc) is 2.32. The van der Waals surface area contributed by atoms with E-state index in [0.29, 0.717) is 12.8 Å². The molecule has 1 aliphatic rings. The molecule has 6 nitrogen and oxygen atoms in total. The van der Waals surface area contributed by atoms with Gasteiger partial charge in [0, 0.05) is 5.92 Å². The molecule has 132 valence electrons. The van der Waals surface area contributed by atoms with Crippen molar-refractivity contribution in [2.75, 3.05) is 7.11 Å². The van der Waals surface area contributed by atoms with Gasteiger partial charge >= 0.3 is 24.0 Å². The molecule has 0 heterocycles. The van der Waals surface area contributed by atoms with Gasteiger partial charge in [-0.1, -0.05) is 0 Å². The Morgan fingerprint density at radius 1 is 1.13 bits per heavy atom. The van der Waals surface area contributed by atoms with Crippen LogP contribution in [0.5, 0.6) is 0 Å². The Balaban J connectivity index is 2.95. The summed E-state index contributed by atoms with van der Waals surface area (Å²) in [7, 11) is 1.15. The van der Waals surface area contributed by atoms with Crippen LogP contribution in [0.15, 0.2) is 0 Å². The third kappa shape index (κ3) is 5.11. The maximum Gasteiger partial charge on any atom is 0.471 e. The van der Waals surface area contributed by atoms with Crippen LogP contribution in [-0.4, -0.2) is 42.8 Å². The fraction of sp³-hybridized carbons (Fsp3) is 0.786. The van der Waals surface area contributed by atoms with E-state index in [9.17, 15) is 27.6 Å². The van der Waals surface area contributed by atoms with Crippen molar-refractivity contribution in [2.24, 2.45) is 11.8 Å². The average molecular weight is 339 g/mol. The van der Waals surface area contributed by atoms with E-state index >= 15 is 0 Å². The number of methoxy groups -OCH3 is 1. The second-order valence-corrected chi connectivity index (χ2v) is 6.35. The van der Waals surface area contributed by atoms with E-state index in [1.807, 2.05) is 0 Å². The molecule has 1 N–H and O–H groups in total. The lowest BCUT2D eigenvalue weighted by Gasteiger charge is -2.39. The molecule has 0 bridgehead atoms. The number of hydrogen-bond donors (Lipinski definition) is 1. The summed E-state index contributed by atoms with van der Waals surface area (Å²) in [5.41, 5.74) is -0.942. The quantitative estimate of drug-likeness (QED) is 0.787. The number of halogens is 3. The number of esters is 2. The third-order valence-electron chi connectivity index (χ3n) is 3.46. The molecule has 1 saturated carbocycles. The molecule has 1 fully saturated rings. The summed E-state index contributed by atoms with van der Waals surface area (Å²) in [6.45, 7) is 4.64. The first-order valence-corrected chi connectivity index (χ1v) is 7.05. The van der Waals surface area contributed by atoms with Crippen LogP contribution in [0.2, 0.25) is 0 Å². The summed E-state index contributed by atoms with van der Waals surface area (Å²) < 4.78 is 47.0. The van der Waals surface area contributed by atoms with Crippen molar-refractivity contribution in [3.63, 3.8) is 0 Å². The van der Waals surface area contributed by atoms with Crippen LogP contribution in [0.4, 0.5) is 13.2 Å². The lowest BCUT2D eigenvalue weighted by atomic mass is 9.69. The molecule has 0 aromatic carbocycles. The van der Waals surface area contributed by atoms with E-state index in [2.05, 4.69) is 4.74 Å². The van der Waals surface area contributed by atoms with Crippen LogP contribution in [0, 0.1) is 11.8 Å². The first-order valence-electron chi connectivity index (χ1n) is 7.05. The maximum absolute atomic E-state index is 12.5. The first kappa shape index (κ1) is 19.2. The fourth-order valence-electron chi connectivity index (χ4n) is 2.30. The van der Waals surface area contributed by atoms with Crippen molar-refractivity contribution in [3.8, 4) is 0 Å². The number of hydrogen-bond acceptors (Lipinski definition) is 5. The number of carbonyl (C=O) groups is 3. The highest BCUT2D eigenvalue weighted by atomic mass is 19.4. The molecule has 0 aliphatic heterocycles. The largest absolute Gasteiger partial charge is 0.471 e. The Labute approximate surface area is 131 Å². The molecule has 0 aromatic rings. The summed E-state index contributed by atoms with van der Waals surface area (Å²) in [5.74, 6) is -5.41. The van der Waals surface area contributed by atoms with Crippen molar-refractivity contribution in [2.45, 2.75) is 51.4 Å². The fourth-order valence-corrected chi connectivity index (χ4v) is 2.30. The number of rotatable bonds is 4. The summed E-state index contributed by atoms with van der Waals surface area (Å²) in [4.78, 5) is 34.9. The molecule has 1 rings (SSSR count). The monoisotopic (exact) mass is 339 g/mol. The summed E-state index contributed by atoms with van der Waals surface area (Å²) >= 11 is 0. The zero-order chi connectivity index (χ0) is 18.0. The van der Waals surface area contributed by atoms with Crippen LogP contribution in [0.3, 0.4) is 0 Å². The lowest BCUT2D eigenvalue weighted by molar-refractivity contribution is -0.180. The minimum Gasteiger partial charge on any atom is -0.469 e. The molecule has 1 amide bonds. The van der Waals surface area contributed by atoms with Crippen LogP contribution in [0.25, 0.3) is 0 Å². The minimum absolute atomic E-state index is 0.307. The number of carbonyl (C=O) groups excluding carboxylic acids is 3. The van der Waals surface area contributed by atoms with Crippen LogP contribution < -0.4 is 5.32 Å². The molecular weight excluding hydrogens is 319 g/mol. The topological polar surface area (TPSA) is 81.7 Å². The number of alkyl halides is 3. The van der Waals surface area contributed by atoms with Gasteiger partial charge in [0.25, 0.3) is 0 Å². The van der Waals surface area contributed by atoms with Gasteiger partial charge in [-0.3, -0.25) is 9.59 Å². The number of ether oxygens (including phenoxy) is 2. The van der Waals surface area contributed by atoms with E-state index in [-0.39, 0.29) is 0 Å². The van der Waals surface area contributed by atoms with Crippen molar-refractivity contribution >= 4 is 17.8 Å². The molecule has 3 atom stereocenters. The molecule has 0 unspecified atom stereocenters. The van der Waals surface area contributed by atoms with Gasteiger partial charge in [0.2, 0.25) is 0 Å². The molecule has 23 heavy (non-hydrogen) atoms. The smallest absolute Gasteiger partial charge is 0.469 e. The zero-order valence-corrected chi connectivity index (χ0v) is 13.3. The van der Waals surface area contributed by atoms with Crippen LogP contribution >= 0.6 is 0 Å². The number of amides is 1. The number of nitrogens with one attached hydrogen (secondary N) is 1. The minimum atomic E-state index is -5.13. The van der Waals surface area contributed by atoms with Crippen LogP contribution in [0.1, 0.15) is 33.6 Å². The molecule has 9 heteroatoms. The highest BCUT2D eigenvalue weighted by molar-refractivity contribution is 5.88. The molecular formula is C14H20F3NO5. The molecule has 1 aliphatic carbocycles. The Morgan fingerprint density at radius 3 is 2.04 bits per heavy atom. The second kappa shape index (κ2) is 6.76. The van der Waals surface area contributed by atoms with Crippen molar-refractivity contribution in [3.05, 3.63) is 0 Å². The van der Waals surface area contributed by atoms with Gasteiger partial charge in [-0.25, -0.2) is 4.79 Å². The van der Waals surface area contributed by atoms with E-state index in [0.717, 1.165) is 7.11 Å². The van der Waals surface area contributed by atoms with E-state index in [4.69, 9.17) is 4.74 Å². The van der Waals surface area contributed by atoms with Gasteiger partial charge in [-0.05, 0) is 33.6 Å². The summed E-state index contributed by atoms with van der Waals surface area (Å²) in [5, 5.41) is 1.64. The predicted octanol–water partition coefficient (Wildman–Crippen LogP) is 1.57. The van der Waals surface area contributed by atoms with Gasteiger partial charge in [-0.15, -0.1) is 0 Å². The highest BCUT2D eigenvalue weighted by Gasteiger charge is 2.49. The summed E-state index contributed by atoms with van der Waals surface area (Å²) in [6, 6.07) is -1.55. The SMILES string of the molecule is COC(=O)[C@@H]1CC[C@H]1[C@H](NC(=O)C(F)(F)F)C(=O)OC(C)(C)C. The van der Waals surface area contributed by atoms with E-state index in [1.54, 1.807) is 26.1 Å². The predicted molar refractivity (Wildman–Crippen MR) is 72.1 cm³/mol. The molecule has 0 radical (unpaired) electrons. The maximum atomic E-state index is 12.5. The van der Waals surface area contributed by atoms with E-state index in [1.165, 1.54) is 0 Å². The first-order chi connectivity index (χ1) is 10.4.